The van der Waals surface area contributed by atoms with Crippen molar-refractivity contribution < 1.29 is 33.0 Å². The average Bonchev–Trinajstić information content (AvgIpc) is 3.04. The number of carbonyl (C=O) groups is 2. The van der Waals surface area contributed by atoms with E-state index in [9.17, 15) is 9.59 Å². The lowest BCUT2D eigenvalue weighted by Crippen LogP contribution is -2.40. The molecular weight excluding hydrogens is 613 g/mol. The molecular formula is C37H60N2O7Si. The largest absolute Gasteiger partial charge is 0.413 e. The second-order valence-electron chi connectivity index (χ2n) is 13.3. The maximum Gasteiger partial charge on any atom is 0.246 e. The molecule has 0 atom stereocenters. The van der Waals surface area contributed by atoms with E-state index >= 15 is 0 Å². The van der Waals surface area contributed by atoms with Crippen molar-refractivity contribution in [2.45, 2.75) is 84.5 Å². The van der Waals surface area contributed by atoms with Crippen molar-refractivity contribution in [1.29, 1.82) is 0 Å². The quantitative estimate of drug-likeness (QED) is 0.0995. The summed E-state index contributed by atoms with van der Waals surface area (Å²) in [7, 11) is -1.78. The number of ether oxygens (including phenoxy) is 4. The Hall–Kier alpha value is -2.44. The first-order chi connectivity index (χ1) is 22.5. The highest BCUT2D eigenvalue weighted by Crippen LogP contribution is 2.37. The fraction of sp³-hybridized carbons (Fsp3) is 0.622. The molecule has 9 nitrogen and oxygen atoms in total. The van der Waals surface area contributed by atoms with E-state index in [0.717, 1.165) is 25.7 Å². The number of amides is 1. The zero-order chi connectivity index (χ0) is 34.5. The Morgan fingerprint density at radius 2 is 1.43 bits per heavy atom. The minimum atomic E-state index is -1.78. The molecule has 2 aromatic carbocycles. The number of Topliss-reactive ketones (excluding diaryl/α,β-unsaturated/α-hetero) is 1. The van der Waals surface area contributed by atoms with Crippen LogP contribution in [0.15, 0.2) is 42.5 Å². The van der Waals surface area contributed by atoms with Gasteiger partial charge >= 0.3 is 0 Å². The number of hydrogen-bond donors (Lipinski definition) is 2. The minimum Gasteiger partial charge on any atom is -0.413 e. The van der Waals surface area contributed by atoms with Crippen LogP contribution in [-0.4, -0.2) is 86.0 Å². The van der Waals surface area contributed by atoms with Crippen LogP contribution < -0.4 is 11.1 Å². The zero-order valence-corrected chi connectivity index (χ0v) is 30.8. The molecule has 10 heteroatoms. The molecule has 1 amide bonds. The summed E-state index contributed by atoms with van der Waals surface area (Å²) in [6.45, 7) is 17.4. The van der Waals surface area contributed by atoms with Gasteiger partial charge in [-0.3, -0.25) is 9.59 Å². The van der Waals surface area contributed by atoms with Gasteiger partial charge in [0.25, 0.3) is 0 Å². The molecule has 0 aliphatic rings. The Morgan fingerprint density at radius 1 is 0.787 bits per heavy atom. The molecule has 2 rings (SSSR count). The van der Waals surface area contributed by atoms with E-state index in [2.05, 4.69) is 88.6 Å². The highest BCUT2D eigenvalue weighted by atomic mass is 28.4. The van der Waals surface area contributed by atoms with E-state index in [4.69, 9.17) is 29.1 Å². The molecule has 264 valence electrons. The van der Waals surface area contributed by atoms with Gasteiger partial charge < -0.3 is 34.4 Å². The van der Waals surface area contributed by atoms with E-state index in [1.165, 1.54) is 27.8 Å². The van der Waals surface area contributed by atoms with Crippen molar-refractivity contribution in [3.05, 3.63) is 59.2 Å². The third-order valence-corrected chi connectivity index (χ3v) is 13.0. The second kappa shape index (κ2) is 22.2. The summed E-state index contributed by atoms with van der Waals surface area (Å²) in [5.41, 5.74) is 11.7. The Morgan fingerprint density at radius 3 is 2.09 bits per heavy atom. The number of carbonyl (C=O) groups excluding carboxylic acids is 2. The zero-order valence-electron chi connectivity index (χ0n) is 29.8. The number of hydrogen-bond acceptors (Lipinski definition) is 8. The Kier molecular flexibility index (Phi) is 19.3. The molecule has 0 radical (unpaired) electrons. The number of nitrogens with two attached hydrogens (primary N) is 1. The molecule has 0 heterocycles. The number of rotatable bonds is 25. The van der Waals surface area contributed by atoms with Crippen LogP contribution in [0.25, 0.3) is 11.1 Å². The highest BCUT2D eigenvalue weighted by molar-refractivity contribution is 6.74. The molecule has 0 aliphatic carbocycles. The normalized spacial score (nSPS) is 12.0. The van der Waals surface area contributed by atoms with Crippen LogP contribution in [0.1, 0.15) is 63.6 Å². The lowest BCUT2D eigenvalue weighted by molar-refractivity contribution is -0.127. The summed E-state index contributed by atoms with van der Waals surface area (Å²) in [6, 6.07) is 15.5. The molecule has 0 unspecified atom stereocenters. The maximum atomic E-state index is 12.3. The smallest absolute Gasteiger partial charge is 0.246 e. The Bertz CT molecular complexity index is 1180. The molecule has 0 fully saturated rings. The average molecular weight is 673 g/mol. The van der Waals surface area contributed by atoms with Gasteiger partial charge in [0.2, 0.25) is 5.91 Å². The summed E-state index contributed by atoms with van der Waals surface area (Å²) >= 11 is 0. The Balaban J connectivity index is 1.62. The molecule has 0 saturated carbocycles. The van der Waals surface area contributed by atoms with Crippen LogP contribution in [0.4, 0.5) is 0 Å². The van der Waals surface area contributed by atoms with Crippen LogP contribution in [0.3, 0.4) is 0 Å². The van der Waals surface area contributed by atoms with Crippen LogP contribution in [0, 0.1) is 0 Å². The fourth-order valence-electron chi connectivity index (χ4n) is 4.55. The van der Waals surface area contributed by atoms with Gasteiger partial charge in [0.15, 0.2) is 14.1 Å². The van der Waals surface area contributed by atoms with Crippen LogP contribution in [0.5, 0.6) is 0 Å². The standard InChI is InChI=1S/C37H60N2O7Si/c1-7-31-16-17-34(32-14-12-30(13-15-32)27-46-47(5,6)37(2,3)4)26-33(31)10-8-9-11-35(40)28-44-24-23-43-21-19-39-36(41)29-45-25-22-42-20-18-38/h12-17,26H,7-11,18-25,27-29,38H2,1-6H3,(H,39,41). The predicted molar refractivity (Wildman–Crippen MR) is 191 cm³/mol. The number of unbranched alkanes of at least 4 members (excludes halogenated alkanes) is 1. The van der Waals surface area contributed by atoms with Crippen molar-refractivity contribution in [3.63, 3.8) is 0 Å². The Labute approximate surface area is 284 Å². The van der Waals surface area contributed by atoms with Gasteiger partial charge in [-0.25, -0.2) is 0 Å². The molecule has 2 aromatic rings. The van der Waals surface area contributed by atoms with Crippen molar-refractivity contribution in [1.82, 2.24) is 5.32 Å². The number of ketones is 1. The van der Waals surface area contributed by atoms with Crippen molar-refractivity contribution in [3.8, 4) is 11.1 Å². The SMILES string of the molecule is CCc1ccc(-c2ccc(CO[Si](C)(C)C(C)(C)C)cc2)cc1CCCCC(=O)COCCOCCNC(=O)COCCOCCN. The summed E-state index contributed by atoms with van der Waals surface area (Å²) in [5.74, 6) is -0.103. The first kappa shape index (κ1) is 40.7. The lowest BCUT2D eigenvalue weighted by atomic mass is 9.94. The van der Waals surface area contributed by atoms with Crippen molar-refractivity contribution in [2.75, 3.05) is 65.9 Å². The molecule has 3 N–H and O–H groups in total. The van der Waals surface area contributed by atoms with Gasteiger partial charge in [-0.1, -0.05) is 70.2 Å². The van der Waals surface area contributed by atoms with E-state index in [1.54, 1.807) is 0 Å². The first-order valence-corrected chi connectivity index (χ1v) is 20.0. The van der Waals surface area contributed by atoms with E-state index < -0.39 is 8.32 Å². The maximum absolute atomic E-state index is 12.3. The van der Waals surface area contributed by atoms with E-state index in [1.807, 2.05) is 0 Å². The number of nitrogens with one attached hydrogen (secondary N) is 1. The third-order valence-electron chi connectivity index (χ3n) is 8.50. The van der Waals surface area contributed by atoms with Crippen LogP contribution in [0.2, 0.25) is 18.1 Å². The lowest BCUT2D eigenvalue weighted by Gasteiger charge is -2.36. The minimum absolute atomic E-state index is 0.0215. The highest BCUT2D eigenvalue weighted by Gasteiger charge is 2.37. The molecule has 0 spiro atoms. The summed E-state index contributed by atoms with van der Waals surface area (Å²) in [5, 5.41) is 2.92. The molecule has 0 saturated heterocycles. The second-order valence-corrected chi connectivity index (χ2v) is 18.1. The molecule has 47 heavy (non-hydrogen) atoms. The van der Waals surface area contributed by atoms with Gasteiger partial charge in [0, 0.05) is 19.5 Å². The van der Waals surface area contributed by atoms with E-state index in [-0.39, 0.29) is 29.9 Å². The van der Waals surface area contributed by atoms with Gasteiger partial charge in [0.1, 0.15) is 13.2 Å². The van der Waals surface area contributed by atoms with Gasteiger partial charge in [0.05, 0.1) is 46.2 Å². The van der Waals surface area contributed by atoms with Gasteiger partial charge in [-0.15, -0.1) is 0 Å². The van der Waals surface area contributed by atoms with Crippen LogP contribution in [-0.2, 0) is 52.4 Å². The summed E-state index contributed by atoms with van der Waals surface area (Å²) < 4.78 is 27.7. The molecule has 0 aromatic heterocycles. The summed E-state index contributed by atoms with van der Waals surface area (Å²) in [4.78, 5) is 24.0. The third kappa shape index (κ3) is 16.5. The van der Waals surface area contributed by atoms with Crippen LogP contribution >= 0.6 is 0 Å². The topological polar surface area (TPSA) is 118 Å². The number of aryl methyl sites for hydroxylation is 2. The predicted octanol–water partition coefficient (Wildman–Crippen LogP) is 5.86. The number of benzene rings is 2. The monoisotopic (exact) mass is 672 g/mol. The summed E-state index contributed by atoms with van der Waals surface area (Å²) in [6.07, 6.45) is 4.23. The van der Waals surface area contributed by atoms with Gasteiger partial charge in [-0.2, -0.15) is 0 Å². The van der Waals surface area contributed by atoms with Crippen molar-refractivity contribution in [2.24, 2.45) is 5.73 Å². The van der Waals surface area contributed by atoms with E-state index in [0.29, 0.717) is 65.8 Å². The van der Waals surface area contributed by atoms with Gasteiger partial charge in [-0.05, 0) is 71.6 Å². The molecule has 0 aliphatic heterocycles. The van der Waals surface area contributed by atoms with Crippen molar-refractivity contribution >= 4 is 20.0 Å². The fourth-order valence-corrected chi connectivity index (χ4v) is 5.51. The first-order valence-electron chi connectivity index (χ1n) is 17.1. The molecule has 0 bridgehead atoms.